The summed E-state index contributed by atoms with van der Waals surface area (Å²) in [5.41, 5.74) is 4.48. The molecular weight excluding hydrogens is 596 g/mol. The fourth-order valence-corrected chi connectivity index (χ4v) is 6.16. The number of Topliss-reactive ketones (excluding diaryl/α,β-unsaturated/α-hetero) is 1. The van der Waals surface area contributed by atoms with Gasteiger partial charge in [0.1, 0.15) is 10.6 Å². The van der Waals surface area contributed by atoms with Crippen molar-refractivity contribution in [1.29, 1.82) is 0 Å². The Kier molecular flexibility index (Phi) is 8.21. The van der Waals surface area contributed by atoms with E-state index in [0.29, 0.717) is 37.9 Å². The largest absolute Gasteiger partial charge is 0.506 e. The molecule has 1 aliphatic rings. The summed E-state index contributed by atoms with van der Waals surface area (Å²) in [5, 5.41) is 10.8. The SMILES string of the molecule is Cc1c(/C(=C2\C=C(C(C)C)C(=O)[C@@H](Br)[C@@H]2C)c2ccccc2S(=O)(=O)O)cc(C(C)C)c(O)c1Br. The van der Waals surface area contributed by atoms with Crippen molar-refractivity contribution < 1.29 is 22.9 Å². The quantitative estimate of drug-likeness (QED) is 0.271. The standard InChI is InChI=1S/C27H30Br2O5S/c1-13(2)18-11-20(15(5)24(28)26(18)30)23(17-9-7-8-10-22(17)35(32,33)34)21-12-19(14(3)4)27(31)25(29)16(21)6/h7-15,24,31H,1-6H3,(H,32,33,34)/b23-20+/t15-,24+/m1/s1. The number of hydrogen-bond acceptors (Lipinski definition) is 4. The van der Waals surface area contributed by atoms with Gasteiger partial charge < -0.3 is 5.11 Å². The fraction of sp³-hybridized carbons (Fsp3) is 0.370. The topological polar surface area (TPSA) is 91.7 Å². The Hall–Kier alpha value is -1.74. The van der Waals surface area contributed by atoms with E-state index in [9.17, 15) is 22.9 Å². The van der Waals surface area contributed by atoms with Crippen LogP contribution in [0.15, 0.2) is 56.9 Å². The highest BCUT2D eigenvalue weighted by atomic mass is 79.9. The molecule has 35 heavy (non-hydrogen) atoms. The van der Waals surface area contributed by atoms with Gasteiger partial charge in [0.15, 0.2) is 5.78 Å². The molecule has 2 aromatic rings. The molecule has 0 fully saturated rings. The first kappa shape index (κ1) is 27.8. The highest BCUT2D eigenvalue weighted by Crippen LogP contribution is 2.46. The van der Waals surface area contributed by atoms with Crippen molar-refractivity contribution in [3.8, 4) is 5.75 Å². The number of ketones is 1. The van der Waals surface area contributed by atoms with Crippen molar-refractivity contribution in [2.75, 3.05) is 0 Å². The predicted molar refractivity (Wildman–Crippen MR) is 147 cm³/mol. The third kappa shape index (κ3) is 5.22. The van der Waals surface area contributed by atoms with E-state index in [0.717, 1.165) is 5.57 Å². The van der Waals surface area contributed by atoms with Gasteiger partial charge in [-0.3, -0.25) is 9.35 Å². The number of phenolic OH excluding ortho intramolecular Hbond substituents is 1. The van der Waals surface area contributed by atoms with Crippen LogP contribution in [0.2, 0.25) is 0 Å². The lowest BCUT2D eigenvalue weighted by Gasteiger charge is -2.31. The molecule has 1 aliphatic carbocycles. The van der Waals surface area contributed by atoms with Crippen molar-refractivity contribution in [1.82, 2.24) is 0 Å². The number of benzene rings is 2. The highest BCUT2D eigenvalue weighted by molar-refractivity contribution is 9.10. The minimum Gasteiger partial charge on any atom is -0.506 e. The number of halogens is 2. The number of allylic oxidation sites excluding steroid dienone is 3. The zero-order valence-electron chi connectivity index (χ0n) is 20.6. The lowest BCUT2D eigenvalue weighted by molar-refractivity contribution is -0.116. The Morgan fingerprint density at radius 1 is 1.06 bits per heavy atom. The van der Waals surface area contributed by atoms with Crippen molar-refractivity contribution >= 4 is 53.3 Å². The molecule has 0 unspecified atom stereocenters. The summed E-state index contributed by atoms with van der Waals surface area (Å²) in [6.07, 6.45) is 1.86. The average molecular weight is 626 g/mol. The van der Waals surface area contributed by atoms with Crippen molar-refractivity contribution in [3.05, 3.63) is 74.3 Å². The normalized spacial score (nSPS) is 20.4. The van der Waals surface area contributed by atoms with Gasteiger partial charge in [-0.15, -0.1) is 0 Å². The molecular formula is C27H30Br2O5S. The van der Waals surface area contributed by atoms with E-state index in [1.165, 1.54) is 6.07 Å². The van der Waals surface area contributed by atoms with Crippen molar-refractivity contribution in [3.63, 3.8) is 0 Å². The maximum Gasteiger partial charge on any atom is 0.295 e. The van der Waals surface area contributed by atoms with Crippen LogP contribution >= 0.6 is 31.9 Å². The second kappa shape index (κ2) is 10.3. The van der Waals surface area contributed by atoms with Gasteiger partial charge in [0.25, 0.3) is 10.1 Å². The zero-order chi connectivity index (χ0) is 26.4. The first-order valence-corrected chi connectivity index (χ1v) is 14.6. The van der Waals surface area contributed by atoms with Crippen LogP contribution in [0.25, 0.3) is 5.57 Å². The van der Waals surface area contributed by atoms with Crippen LogP contribution in [0.4, 0.5) is 0 Å². The van der Waals surface area contributed by atoms with Crippen molar-refractivity contribution in [2.24, 2.45) is 11.8 Å². The summed E-state index contributed by atoms with van der Waals surface area (Å²) in [7, 11) is -4.55. The Labute approximate surface area is 224 Å². The molecule has 0 aliphatic heterocycles. The number of alkyl halides is 1. The molecule has 0 bridgehead atoms. The van der Waals surface area contributed by atoms with E-state index in [1.54, 1.807) is 18.2 Å². The van der Waals surface area contributed by atoms with Gasteiger partial charge >= 0.3 is 0 Å². The number of aromatic hydroxyl groups is 1. The maximum absolute atomic E-state index is 13.0. The molecule has 188 valence electrons. The highest BCUT2D eigenvalue weighted by Gasteiger charge is 2.36. The van der Waals surface area contributed by atoms with E-state index < -0.39 is 14.9 Å². The first-order chi connectivity index (χ1) is 16.2. The molecule has 2 N–H and O–H groups in total. The molecule has 2 aromatic carbocycles. The van der Waals surface area contributed by atoms with E-state index in [-0.39, 0.29) is 34.2 Å². The van der Waals surface area contributed by atoms with Gasteiger partial charge in [0.05, 0.1) is 9.30 Å². The molecule has 8 heteroatoms. The molecule has 3 rings (SSSR count). The van der Waals surface area contributed by atoms with Gasteiger partial charge in [-0.2, -0.15) is 8.42 Å². The summed E-state index contributed by atoms with van der Waals surface area (Å²) in [4.78, 5) is 12.3. The molecule has 0 spiro atoms. The van der Waals surface area contributed by atoms with Gasteiger partial charge in [-0.25, -0.2) is 0 Å². The zero-order valence-corrected chi connectivity index (χ0v) is 24.5. The molecule has 0 saturated heterocycles. The average Bonchev–Trinajstić information content (AvgIpc) is 2.78. The van der Waals surface area contributed by atoms with Crippen LogP contribution < -0.4 is 0 Å². The first-order valence-electron chi connectivity index (χ1n) is 11.4. The number of rotatable bonds is 5. The summed E-state index contributed by atoms with van der Waals surface area (Å²) >= 11 is 7.11. The van der Waals surface area contributed by atoms with Crippen LogP contribution in [0.3, 0.4) is 0 Å². The second-order valence-electron chi connectivity index (χ2n) is 9.57. The monoisotopic (exact) mass is 624 g/mol. The van der Waals surface area contributed by atoms with E-state index in [1.807, 2.05) is 53.7 Å². The number of carbonyl (C=O) groups is 1. The van der Waals surface area contributed by atoms with Crippen LogP contribution in [0.5, 0.6) is 5.75 Å². The van der Waals surface area contributed by atoms with Crippen molar-refractivity contribution in [2.45, 2.75) is 57.2 Å². The van der Waals surface area contributed by atoms with Crippen LogP contribution in [0, 0.1) is 18.8 Å². The van der Waals surface area contributed by atoms with Crippen LogP contribution in [-0.2, 0) is 14.9 Å². The molecule has 0 amide bonds. The molecule has 0 saturated carbocycles. The summed E-state index contributed by atoms with van der Waals surface area (Å²) in [6, 6.07) is 8.19. The van der Waals surface area contributed by atoms with E-state index >= 15 is 0 Å². The van der Waals surface area contributed by atoms with Gasteiger partial charge in [0.2, 0.25) is 0 Å². The minimum atomic E-state index is -4.55. The third-order valence-electron chi connectivity index (χ3n) is 6.53. The second-order valence-corrected chi connectivity index (χ2v) is 12.7. The third-order valence-corrected chi connectivity index (χ3v) is 9.62. The lowest BCUT2D eigenvalue weighted by Crippen LogP contribution is -2.31. The summed E-state index contributed by atoms with van der Waals surface area (Å²) in [5.74, 6) is -0.196. The number of hydrogen-bond donors (Lipinski definition) is 2. The van der Waals surface area contributed by atoms with E-state index in [2.05, 4.69) is 31.9 Å². The fourth-order valence-electron chi connectivity index (χ4n) is 4.47. The van der Waals surface area contributed by atoms with Gasteiger partial charge in [-0.1, -0.05) is 74.8 Å². The lowest BCUT2D eigenvalue weighted by atomic mass is 9.76. The number of carbonyl (C=O) groups excluding carboxylic acids is 1. The summed E-state index contributed by atoms with van der Waals surface area (Å²) < 4.78 is 35.5. The van der Waals surface area contributed by atoms with Crippen LogP contribution in [-0.4, -0.2) is 28.7 Å². The molecule has 2 atom stereocenters. The van der Waals surface area contributed by atoms with Gasteiger partial charge in [-0.05, 0) is 80.2 Å². The Balaban J connectivity index is 2.61. The smallest absolute Gasteiger partial charge is 0.295 e. The Bertz CT molecular complexity index is 1350. The maximum atomic E-state index is 13.0. The minimum absolute atomic E-state index is 0.00476. The van der Waals surface area contributed by atoms with Gasteiger partial charge in [0, 0.05) is 11.5 Å². The molecule has 0 aromatic heterocycles. The van der Waals surface area contributed by atoms with E-state index in [4.69, 9.17) is 0 Å². The van der Waals surface area contributed by atoms with Crippen LogP contribution in [0.1, 0.15) is 62.8 Å². The number of phenols is 1. The molecule has 0 radical (unpaired) electrons. The Morgan fingerprint density at radius 3 is 2.20 bits per heavy atom. The summed E-state index contributed by atoms with van der Waals surface area (Å²) in [6.45, 7) is 11.6. The molecule has 0 heterocycles. The molecule has 5 nitrogen and oxygen atoms in total. The Morgan fingerprint density at radius 2 is 1.66 bits per heavy atom. The predicted octanol–water partition coefficient (Wildman–Crippen LogP) is 7.20.